The molecule has 10 heteroatoms. The van der Waals surface area contributed by atoms with Crippen LogP contribution in [0.15, 0.2) is 41.8 Å². The van der Waals surface area contributed by atoms with Crippen molar-refractivity contribution in [1.29, 1.82) is 0 Å². The molecule has 0 bridgehead atoms. The minimum atomic E-state index is -1.75. The predicted octanol–water partition coefficient (Wildman–Crippen LogP) is 1.15. The van der Waals surface area contributed by atoms with Gasteiger partial charge in [-0.15, -0.1) is 0 Å². The number of β-lactam (4-membered cyclic amide) rings is 1. The van der Waals surface area contributed by atoms with Crippen LogP contribution < -0.4 is 5.32 Å². The van der Waals surface area contributed by atoms with Gasteiger partial charge in [-0.2, -0.15) is 0 Å². The third kappa shape index (κ3) is 4.74. The van der Waals surface area contributed by atoms with Crippen molar-refractivity contribution in [3.05, 3.63) is 47.4 Å². The van der Waals surface area contributed by atoms with Gasteiger partial charge < -0.3 is 14.8 Å². The van der Waals surface area contributed by atoms with E-state index >= 15 is 0 Å². The second kappa shape index (κ2) is 8.85. The molecule has 0 aliphatic carbocycles. The summed E-state index contributed by atoms with van der Waals surface area (Å²) < 4.78 is 23.7. The standard InChI is InChI=1S/C22H26N2O7S/c1-12-18(30-13(2)25)17(21(28)31-22(3,4)5)24-19(27)16(20(24)32(12)29)23-15(26)11-14-9-7-6-8-10-14/h6-10,12,16,20H,11H2,1-5H3,(H,23,26)/t12?,16-,20-,32+/m1/s1. The molecule has 2 amide bonds. The molecule has 1 N–H and O–H groups in total. The topological polar surface area (TPSA) is 119 Å². The van der Waals surface area contributed by atoms with E-state index < -0.39 is 56.8 Å². The molecule has 0 radical (unpaired) electrons. The molecule has 2 aliphatic rings. The molecule has 172 valence electrons. The lowest BCUT2D eigenvalue weighted by atomic mass is 10.0. The molecule has 0 saturated carbocycles. The lowest BCUT2D eigenvalue weighted by Crippen LogP contribution is -2.74. The molecule has 32 heavy (non-hydrogen) atoms. The Kier molecular flexibility index (Phi) is 6.54. The van der Waals surface area contributed by atoms with Gasteiger partial charge in [0.2, 0.25) is 5.91 Å². The van der Waals surface area contributed by atoms with Gasteiger partial charge in [-0.1, -0.05) is 30.3 Å². The molecule has 1 unspecified atom stereocenters. The van der Waals surface area contributed by atoms with Crippen molar-refractivity contribution in [1.82, 2.24) is 10.2 Å². The quantitative estimate of drug-likeness (QED) is 0.515. The lowest BCUT2D eigenvalue weighted by Gasteiger charge is -2.50. The smallest absolute Gasteiger partial charge is 0.359 e. The van der Waals surface area contributed by atoms with E-state index in [0.29, 0.717) is 0 Å². The fraction of sp³-hybridized carbons (Fsp3) is 0.455. The first-order chi connectivity index (χ1) is 14.9. The molecule has 1 fully saturated rings. The Morgan fingerprint density at radius 2 is 1.78 bits per heavy atom. The number of amides is 2. The first-order valence-corrected chi connectivity index (χ1v) is 11.4. The maximum absolute atomic E-state index is 13.1. The number of fused-ring (bicyclic) bond motifs is 1. The zero-order chi connectivity index (χ0) is 23.8. The van der Waals surface area contributed by atoms with Gasteiger partial charge in [0.1, 0.15) is 17.0 Å². The van der Waals surface area contributed by atoms with Crippen LogP contribution in [0, 0.1) is 0 Å². The maximum atomic E-state index is 13.1. The van der Waals surface area contributed by atoms with Crippen LogP contribution >= 0.6 is 0 Å². The fourth-order valence-electron chi connectivity index (χ4n) is 3.52. The molecule has 2 heterocycles. The monoisotopic (exact) mass is 462 g/mol. The van der Waals surface area contributed by atoms with Gasteiger partial charge in [0.15, 0.2) is 11.5 Å². The summed E-state index contributed by atoms with van der Waals surface area (Å²) in [5, 5.41) is 0.778. The highest BCUT2D eigenvalue weighted by Crippen LogP contribution is 2.39. The van der Waals surface area contributed by atoms with E-state index in [-0.39, 0.29) is 17.9 Å². The Labute approximate surface area is 188 Å². The van der Waals surface area contributed by atoms with Crippen molar-refractivity contribution in [2.45, 2.75) is 63.3 Å². The van der Waals surface area contributed by atoms with Gasteiger partial charge in [0.05, 0.1) is 22.5 Å². The SMILES string of the molecule is CC(=O)OC1=C(C(=O)OC(C)(C)C)N2C(=O)[C@@H](NC(=O)Cc3ccccc3)[C@H]2[S@@](=O)C1C. The van der Waals surface area contributed by atoms with Gasteiger partial charge in [0, 0.05) is 6.92 Å². The molecule has 2 aliphatic heterocycles. The first kappa shape index (κ1) is 23.6. The Morgan fingerprint density at radius 3 is 2.34 bits per heavy atom. The Hall–Kier alpha value is -3.01. The van der Waals surface area contributed by atoms with Gasteiger partial charge in [-0.25, -0.2) is 4.79 Å². The number of esters is 2. The molecule has 3 rings (SSSR count). The van der Waals surface area contributed by atoms with E-state index in [2.05, 4.69) is 5.32 Å². The number of rotatable bonds is 5. The van der Waals surface area contributed by atoms with Gasteiger partial charge >= 0.3 is 11.9 Å². The van der Waals surface area contributed by atoms with E-state index in [0.717, 1.165) is 17.4 Å². The van der Waals surface area contributed by atoms with Gasteiger partial charge in [-0.05, 0) is 33.3 Å². The van der Waals surface area contributed by atoms with Crippen LogP contribution in [0.3, 0.4) is 0 Å². The fourth-order valence-corrected chi connectivity index (χ4v) is 5.17. The van der Waals surface area contributed by atoms with Crippen LogP contribution in [0.4, 0.5) is 0 Å². The number of benzene rings is 1. The van der Waals surface area contributed by atoms with E-state index in [4.69, 9.17) is 9.47 Å². The van der Waals surface area contributed by atoms with Crippen LogP contribution in [0.1, 0.15) is 40.2 Å². The zero-order valence-corrected chi connectivity index (χ0v) is 19.4. The van der Waals surface area contributed by atoms with Crippen molar-refractivity contribution in [2.24, 2.45) is 0 Å². The summed E-state index contributed by atoms with van der Waals surface area (Å²) in [5.41, 5.74) is -0.373. The van der Waals surface area contributed by atoms with Crippen LogP contribution in [0.5, 0.6) is 0 Å². The molecule has 1 saturated heterocycles. The van der Waals surface area contributed by atoms with Crippen molar-refractivity contribution in [3.8, 4) is 0 Å². The highest BCUT2D eigenvalue weighted by Gasteiger charge is 2.60. The predicted molar refractivity (Wildman–Crippen MR) is 115 cm³/mol. The Morgan fingerprint density at radius 1 is 1.16 bits per heavy atom. The second-order valence-electron chi connectivity index (χ2n) is 8.59. The maximum Gasteiger partial charge on any atom is 0.359 e. The second-order valence-corrected chi connectivity index (χ2v) is 10.4. The minimum absolute atomic E-state index is 0.0486. The van der Waals surface area contributed by atoms with Gasteiger partial charge in [0.25, 0.3) is 5.91 Å². The highest BCUT2D eigenvalue weighted by atomic mass is 32.2. The zero-order valence-electron chi connectivity index (χ0n) is 18.5. The van der Waals surface area contributed by atoms with E-state index in [1.807, 2.05) is 6.07 Å². The molecule has 0 aromatic heterocycles. The Bertz CT molecular complexity index is 1010. The molecule has 0 spiro atoms. The largest absolute Gasteiger partial charge is 0.455 e. The van der Waals surface area contributed by atoms with Crippen LogP contribution in [-0.2, 0) is 45.9 Å². The summed E-state index contributed by atoms with van der Waals surface area (Å²) in [6.45, 7) is 7.64. The number of nitrogens with zero attached hydrogens (tertiary/aromatic N) is 1. The normalized spacial score (nSPS) is 24.9. The third-order valence-electron chi connectivity index (χ3n) is 4.84. The summed E-state index contributed by atoms with van der Waals surface area (Å²) >= 11 is 0. The van der Waals surface area contributed by atoms with Crippen molar-refractivity contribution in [3.63, 3.8) is 0 Å². The number of nitrogens with one attached hydrogen (secondary N) is 1. The number of hydrogen-bond acceptors (Lipinski definition) is 7. The van der Waals surface area contributed by atoms with Crippen LogP contribution in [-0.4, -0.2) is 55.1 Å². The molecule has 4 atom stereocenters. The third-order valence-corrected chi connectivity index (χ3v) is 6.71. The molecular formula is C22H26N2O7S. The summed E-state index contributed by atoms with van der Waals surface area (Å²) in [6, 6.07) is 7.92. The lowest BCUT2D eigenvalue weighted by molar-refractivity contribution is -0.160. The number of carbonyl (C=O) groups is 4. The van der Waals surface area contributed by atoms with Crippen molar-refractivity contribution >= 4 is 34.6 Å². The average Bonchev–Trinajstić information content (AvgIpc) is 2.68. The van der Waals surface area contributed by atoms with Crippen LogP contribution in [0.25, 0.3) is 0 Å². The minimum Gasteiger partial charge on any atom is -0.455 e. The van der Waals surface area contributed by atoms with Crippen molar-refractivity contribution < 1.29 is 32.9 Å². The number of ether oxygens (including phenoxy) is 2. The molecular weight excluding hydrogens is 436 g/mol. The van der Waals surface area contributed by atoms with E-state index in [1.54, 1.807) is 45.0 Å². The summed E-state index contributed by atoms with van der Waals surface area (Å²) in [4.78, 5) is 51.0. The summed E-state index contributed by atoms with van der Waals surface area (Å²) in [6.07, 6.45) is 0.0486. The summed E-state index contributed by atoms with van der Waals surface area (Å²) in [5.74, 6) is -2.80. The molecule has 1 aromatic rings. The number of carbonyl (C=O) groups excluding carboxylic acids is 4. The molecule has 1 aromatic carbocycles. The highest BCUT2D eigenvalue weighted by molar-refractivity contribution is 7.86. The molecule has 9 nitrogen and oxygen atoms in total. The van der Waals surface area contributed by atoms with Crippen molar-refractivity contribution in [2.75, 3.05) is 0 Å². The number of hydrogen-bond donors (Lipinski definition) is 1. The van der Waals surface area contributed by atoms with Gasteiger partial charge in [-0.3, -0.25) is 23.5 Å². The van der Waals surface area contributed by atoms with E-state index in [1.165, 1.54) is 6.92 Å². The average molecular weight is 463 g/mol. The van der Waals surface area contributed by atoms with Crippen LogP contribution in [0.2, 0.25) is 0 Å². The van der Waals surface area contributed by atoms with E-state index in [9.17, 15) is 23.4 Å². The summed E-state index contributed by atoms with van der Waals surface area (Å²) in [7, 11) is -1.75. The first-order valence-electron chi connectivity index (χ1n) is 10.1. The Balaban J connectivity index is 1.89.